The Morgan fingerprint density at radius 2 is 1.53 bits per heavy atom. The average Bonchev–Trinajstić information content (AvgIpc) is 2.40. The Bertz CT molecular complexity index is 651. The van der Waals surface area contributed by atoms with E-state index in [9.17, 15) is 0 Å². The monoisotopic (exact) mass is 217 g/mol. The Morgan fingerprint density at radius 3 is 2.35 bits per heavy atom. The molecule has 1 radical (unpaired) electrons. The van der Waals surface area contributed by atoms with E-state index >= 15 is 0 Å². The lowest BCUT2D eigenvalue weighted by molar-refractivity contribution is 1.50. The first-order chi connectivity index (χ1) is 8.36. The standard InChI is InChI=1S/C17H13/c1-13-16-10-6-5-9-15(16)11-12-17(13)14-7-3-2-4-8-14/h2-10,12H,1H3. The fourth-order valence-corrected chi connectivity index (χ4v) is 2.26. The van der Waals surface area contributed by atoms with E-state index in [0.717, 1.165) is 0 Å². The predicted octanol–water partition coefficient (Wildman–Crippen LogP) is 4.62. The number of fused-ring (bicyclic) bond motifs is 1. The first kappa shape index (κ1) is 10.1. The summed E-state index contributed by atoms with van der Waals surface area (Å²) in [5, 5.41) is 2.47. The number of aryl methyl sites for hydroxylation is 1. The highest BCUT2D eigenvalue weighted by atomic mass is 14.1. The van der Waals surface area contributed by atoms with E-state index in [2.05, 4.69) is 67.6 Å². The normalized spacial score (nSPS) is 10.6. The first-order valence-electron chi connectivity index (χ1n) is 5.82. The van der Waals surface area contributed by atoms with Gasteiger partial charge in [-0.05, 0) is 46.5 Å². The van der Waals surface area contributed by atoms with Crippen molar-refractivity contribution in [1.29, 1.82) is 0 Å². The van der Waals surface area contributed by atoms with Gasteiger partial charge in [-0.3, -0.25) is 0 Å². The van der Waals surface area contributed by atoms with Gasteiger partial charge in [-0.1, -0.05) is 54.6 Å². The summed E-state index contributed by atoms with van der Waals surface area (Å²) < 4.78 is 0. The second-order valence-corrected chi connectivity index (χ2v) is 4.24. The van der Waals surface area contributed by atoms with Crippen LogP contribution in [0.4, 0.5) is 0 Å². The molecule has 0 unspecified atom stereocenters. The van der Waals surface area contributed by atoms with Crippen molar-refractivity contribution in [3.8, 4) is 11.1 Å². The lowest BCUT2D eigenvalue weighted by atomic mass is 9.95. The van der Waals surface area contributed by atoms with Crippen molar-refractivity contribution in [2.24, 2.45) is 0 Å². The molecule has 0 aliphatic carbocycles. The lowest BCUT2D eigenvalue weighted by Gasteiger charge is -2.09. The van der Waals surface area contributed by atoms with Crippen molar-refractivity contribution < 1.29 is 0 Å². The van der Waals surface area contributed by atoms with Gasteiger partial charge in [0.1, 0.15) is 0 Å². The third-order valence-corrected chi connectivity index (χ3v) is 3.19. The highest BCUT2D eigenvalue weighted by Gasteiger charge is 2.04. The molecule has 3 aromatic rings. The molecule has 0 heterocycles. The van der Waals surface area contributed by atoms with Gasteiger partial charge in [0, 0.05) is 0 Å². The van der Waals surface area contributed by atoms with Crippen LogP contribution in [0, 0.1) is 13.0 Å². The Hall–Kier alpha value is -2.08. The topological polar surface area (TPSA) is 0 Å². The molecule has 0 saturated heterocycles. The largest absolute Gasteiger partial charge is 0.0622 e. The molecule has 0 N–H and O–H groups in total. The van der Waals surface area contributed by atoms with Crippen molar-refractivity contribution in [3.05, 3.63) is 72.3 Å². The van der Waals surface area contributed by atoms with E-state index in [1.807, 2.05) is 6.07 Å². The molecule has 3 rings (SSSR count). The quantitative estimate of drug-likeness (QED) is 0.558. The molecule has 0 aliphatic heterocycles. The smallest absolute Gasteiger partial charge is 0.00926 e. The maximum atomic E-state index is 3.36. The Kier molecular flexibility index (Phi) is 2.41. The molecular formula is C17H13. The minimum atomic E-state index is 1.18. The van der Waals surface area contributed by atoms with E-state index in [0.29, 0.717) is 0 Å². The van der Waals surface area contributed by atoms with Crippen molar-refractivity contribution >= 4 is 10.8 Å². The van der Waals surface area contributed by atoms with Crippen molar-refractivity contribution in [1.82, 2.24) is 0 Å². The third kappa shape index (κ3) is 1.72. The van der Waals surface area contributed by atoms with Gasteiger partial charge in [0.25, 0.3) is 0 Å². The maximum Gasteiger partial charge on any atom is -0.00926 e. The number of benzene rings is 3. The molecule has 17 heavy (non-hydrogen) atoms. The zero-order valence-corrected chi connectivity index (χ0v) is 9.77. The van der Waals surface area contributed by atoms with Crippen LogP contribution in [0.25, 0.3) is 21.9 Å². The van der Waals surface area contributed by atoms with Crippen LogP contribution in [-0.4, -0.2) is 0 Å². The van der Waals surface area contributed by atoms with Gasteiger partial charge in [0.15, 0.2) is 0 Å². The van der Waals surface area contributed by atoms with E-state index in [4.69, 9.17) is 0 Å². The van der Waals surface area contributed by atoms with E-state index in [1.54, 1.807) is 0 Å². The van der Waals surface area contributed by atoms with Crippen LogP contribution < -0.4 is 0 Å². The fourth-order valence-electron chi connectivity index (χ4n) is 2.26. The van der Waals surface area contributed by atoms with Crippen LogP contribution in [0.15, 0.2) is 60.7 Å². The number of rotatable bonds is 1. The molecule has 0 aliphatic rings. The molecule has 0 aromatic heterocycles. The summed E-state index contributed by atoms with van der Waals surface area (Å²) in [6.07, 6.45) is 0. The molecular weight excluding hydrogens is 204 g/mol. The molecule has 3 aromatic carbocycles. The fraction of sp³-hybridized carbons (Fsp3) is 0.0588. The van der Waals surface area contributed by atoms with Gasteiger partial charge in [-0.25, -0.2) is 0 Å². The maximum absolute atomic E-state index is 3.36. The minimum absolute atomic E-state index is 1.18. The second kappa shape index (κ2) is 4.06. The van der Waals surface area contributed by atoms with E-state index in [-0.39, 0.29) is 0 Å². The van der Waals surface area contributed by atoms with E-state index in [1.165, 1.54) is 27.5 Å². The highest BCUT2D eigenvalue weighted by molar-refractivity contribution is 5.90. The zero-order chi connectivity index (χ0) is 11.7. The number of hydrogen-bond donors (Lipinski definition) is 0. The lowest BCUT2D eigenvalue weighted by Crippen LogP contribution is -1.85. The minimum Gasteiger partial charge on any atom is -0.0622 e. The van der Waals surface area contributed by atoms with Crippen molar-refractivity contribution in [2.75, 3.05) is 0 Å². The highest BCUT2D eigenvalue weighted by Crippen LogP contribution is 2.28. The molecule has 0 heteroatoms. The Morgan fingerprint density at radius 1 is 0.824 bits per heavy atom. The molecule has 0 saturated carbocycles. The molecule has 0 amide bonds. The van der Waals surface area contributed by atoms with Crippen molar-refractivity contribution in [3.63, 3.8) is 0 Å². The summed E-state index contributed by atoms with van der Waals surface area (Å²) in [5.74, 6) is 0. The third-order valence-electron chi connectivity index (χ3n) is 3.19. The Labute approximate surface area is 102 Å². The molecule has 0 nitrogen and oxygen atoms in total. The van der Waals surface area contributed by atoms with Gasteiger partial charge in [0.05, 0.1) is 0 Å². The summed E-state index contributed by atoms with van der Waals surface area (Å²) in [4.78, 5) is 0. The van der Waals surface area contributed by atoms with Crippen LogP contribution in [0.1, 0.15) is 5.56 Å². The van der Waals surface area contributed by atoms with Gasteiger partial charge >= 0.3 is 0 Å². The van der Waals surface area contributed by atoms with Crippen LogP contribution in [-0.2, 0) is 0 Å². The summed E-state index contributed by atoms with van der Waals surface area (Å²) in [6.45, 7) is 2.18. The molecule has 0 bridgehead atoms. The van der Waals surface area contributed by atoms with Gasteiger partial charge in [-0.15, -0.1) is 0 Å². The summed E-state index contributed by atoms with van der Waals surface area (Å²) in [5.41, 5.74) is 3.85. The van der Waals surface area contributed by atoms with Crippen LogP contribution in [0.3, 0.4) is 0 Å². The Balaban J connectivity index is 2.29. The first-order valence-corrected chi connectivity index (χ1v) is 5.82. The predicted molar refractivity (Wildman–Crippen MR) is 73.0 cm³/mol. The molecule has 0 fully saturated rings. The average molecular weight is 217 g/mol. The SMILES string of the molecule is Cc1c(-c2ccccc2)c[c]c2ccccc12. The molecule has 81 valence electrons. The summed E-state index contributed by atoms with van der Waals surface area (Å²) in [7, 11) is 0. The van der Waals surface area contributed by atoms with Gasteiger partial charge < -0.3 is 0 Å². The van der Waals surface area contributed by atoms with Crippen LogP contribution >= 0.6 is 0 Å². The van der Waals surface area contributed by atoms with Crippen LogP contribution in [0.5, 0.6) is 0 Å². The second-order valence-electron chi connectivity index (χ2n) is 4.24. The van der Waals surface area contributed by atoms with Gasteiger partial charge in [-0.2, -0.15) is 0 Å². The van der Waals surface area contributed by atoms with E-state index < -0.39 is 0 Å². The number of hydrogen-bond acceptors (Lipinski definition) is 0. The van der Waals surface area contributed by atoms with Gasteiger partial charge in [0.2, 0.25) is 0 Å². The summed E-state index contributed by atoms with van der Waals surface area (Å²) in [6, 6.07) is 24.3. The van der Waals surface area contributed by atoms with Crippen molar-refractivity contribution in [2.45, 2.75) is 6.92 Å². The molecule has 0 atom stereocenters. The van der Waals surface area contributed by atoms with Crippen LogP contribution in [0.2, 0.25) is 0 Å². The zero-order valence-electron chi connectivity index (χ0n) is 9.77. The summed E-state index contributed by atoms with van der Waals surface area (Å²) >= 11 is 0. The molecule has 0 spiro atoms.